The number of carbonyl (C=O) groups excluding carboxylic acids is 1. The van der Waals surface area contributed by atoms with Gasteiger partial charge in [-0.15, -0.1) is 0 Å². The number of carboxylic acids is 1. The molecule has 0 heterocycles. The van der Waals surface area contributed by atoms with Crippen LogP contribution in [0, 0.1) is 0 Å². The third-order valence-electron chi connectivity index (χ3n) is 1.95. The number of aliphatic hydroxyl groups is 1. The average Bonchev–Trinajstić information content (AvgIpc) is 2.38. The standard InChI is InChI=1S/C13H16O3.C3H4O3/c1-5-10-6-8-11(9-7-10)15-12(14)16-13(2,3)4;1-2(4)3(5)6/h5-9H,1H2,2-4H3;4H,1H2,(H,5,6). The maximum atomic E-state index is 11.3. The van der Waals surface area contributed by atoms with Crippen molar-refractivity contribution in [1.29, 1.82) is 0 Å². The Balaban J connectivity index is 0.000000626. The van der Waals surface area contributed by atoms with Gasteiger partial charge in [-0.1, -0.05) is 24.8 Å². The monoisotopic (exact) mass is 308 g/mol. The average molecular weight is 308 g/mol. The minimum Gasteiger partial charge on any atom is -0.502 e. The van der Waals surface area contributed by atoms with Crippen molar-refractivity contribution in [2.45, 2.75) is 26.4 Å². The summed E-state index contributed by atoms with van der Waals surface area (Å²) in [5.74, 6) is -1.75. The molecule has 22 heavy (non-hydrogen) atoms. The van der Waals surface area contributed by atoms with Crippen LogP contribution >= 0.6 is 0 Å². The normalized spacial score (nSPS) is 9.77. The van der Waals surface area contributed by atoms with Crippen molar-refractivity contribution < 1.29 is 29.3 Å². The highest BCUT2D eigenvalue weighted by Crippen LogP contribution is 2.15. The largest absolute Gasteiger partial charge is 0.514 e. The molecule has 0 radical (unpaired) electrons. The minimum atomic E-state index is -1.38. The van der Waals surface area contributed by atoms with Gasteiger partial charge in [0.25, 0.3) is 0 Å². The first-order valence-electron chi connectivity index (χ1n) is 6.29. The molecule has 0 fully saturated rings. The SMILES string of the molecule is C=C(O)C(=O)O.C=Cc1ccc(OC(=O)OC(C)(C)C)cc1. The molecule has 6 heteroatoms. The van der Waals surface area contributed by atoms with Crippen LogP contribution in [0.2, 0.25) is 0 Å². The van der Waals surface area contributed by atoms with Crippen molar-refractivity contribution in [3.63, 3.8) is 0 Å². The summed E-state index contributed by atoms with van der Waals surface area (Å²) in [5, 5.41) is 15.5. The predicted molar refractivity (Wildman–Crippen MR) is 82.8 cm³/mol. The zero-order chi connectivity index (χ0) is 17.3. The number of carbonyl (C=O) groups is 2. The van der Waals surface area contributed by atoms with E-state index in [9.17, 15) is 9.59 Å². The molecule has 6 nitrogen and oxygen atoms in total. The smallest absolute Gasteiger partial charge is 0.502 e. The summed E-state index contributed by atoms with van der Waals surface area (Å²) in [5.41, 5.74) is 0.426. The van der Waals surface area contributed by atoms with Gasteiger partial charge in [-0.05, 0) is 45.0 Å². The van der Waals surface area contributed by atoms with E-state index in [1.165, 1.54) is 0 Å². The van der Waals surface area contributed by atoms with Crippen LogP contribution in [-0.2, 0) is 9.53 Å². The molecular weight excluding hydrogens is 288 g/mol. The lowest BCUT2D eigenvalue weighted by Crippen LogP contribution is -2.25. The van der Waals surface area contributed by atoms with Crippen molar-refractivity contribution in [3.05, 3.63) is 48.7 Å². The van der Waals surface area contributed by atoms with E-state index in [1.54, 1.807) is 39.0 Å². The minimum absolute atomic E-state index is 0.458. The summed E-state index contributed by atoms with van der Waals surface area (Å²) in [6.45, 7) is 11.7. The number of carboxylic acid groups (broad SMARTS) is 1. The van der Waals surface area contributed by atoms with Crippen LogP contribution in [0.15, 0.2) is 43.2 Å². The molecule has 2 N–H and O–H groups in total. The number of hydrogen-bond donors (Lipinski definition) is 2. The molecule has 0 bridgehead atoms. The number of benzene rings is 1. The molecule has 0 saturated heterocycles. The summed E-state index contributed by atoms with van der Waals surface area (Å²) in [6.07, 6.45) is 1.02. The summed E-state index contributed by atoms with van der Waals surface area (Å²) in [6, 6.07) is 7.02. The summed E-state index contributed by atoms with van der Waals surface area (Å²) in [7, 11) is 0. The van der Waals surface area contributed by atoms with E-state index in [0.717, 1.165) is 5.56 Å². The number of aliphatic hydroxyl groups excluding tert-OH is 1. The van der Waals surface area contributed by atoms with E-state index >= 15 is 0 Å². The highest BCUT2D eigenvalue weighted by molar-refractivity contribution is 5.82. The van der Waals surface area contributed by atoms with Gasteiger partial charge in [-0.25, -0.2) is 9.59 Å². The highest BCUT2D eigenvalue weighted by Gasteiger charge is 2.17. The lowest BCUT2D eigenvalue weighted by molar-refractivity contribution is -0.135. The number of aliphatic carboxylic acids is 1. The topological polar surface area (TPSA) is 93.1 Å². The maximum absolute atomic E-state index is 11.3. The lowest BCUT2D eigenvalue weighted by atomic mass is 10.2. The van der Waals surface area contributed by atoms with Gasteiger partial charge in [0.05, 0.1) is 0 Å². The molecule has 0 unspecified atom stereocenters. The molecule has 1 rings (SSSR count). The number of ether oxygens (including phenoxy) is 2. The van der Waals surface area contributed by atoms with E-state index in [4.69, 9.17) is 19.7 Å². The van der Waals surface area contributed by atoms with Crippen LogP contribution in [0.3, 0.4) is 0 Å². The number of rotatable bonds is 3. The molecule has 1 aromatic rings. The highest BCUT2D eigenvalue weighted by atomic mass is 16.7. The predicted octanol–water partition coefficient (Wildman–Crippen LogP) is 3.79. The van der Waals surface area contributed by atoms with Gasteiger partial charge >= 0.3 is 12.1 Å². The fourth-order valence-electron chi connectivity index (χ4n) is 1.04. The van der Waals surface area contributed by atoms with Crippen molar-refractivity contribution in [1.82, 2.24) is 0 Å². The van der Waals surface area contributed by atoms with Gasteiger partial charge < -0.3 is 19.7 Å². The summed E-state index contributed by atoms with van der Waals surface area (Å²) >= 11 is 0. The van der Waals surface area contributed by atoms with Gasteiger partial charge in [0.15, 0.2) is 5.76 Å². The Morgan fingerprint density at radius 1 is 1.14 bits per heavy atom. The van der Waals surface area contributed by atoms with E-state index < -0.39 is 23.5 Å². The number of hydrogen-bond acceptors (Lipinski definition) is 5. The Morgan fingerprint density at radius 3 is 1.91 bits per heavy atom. The Labute approximate surface area is 129 Å². The fraction of sp³-hybridized carbons (Fsp3) is 0.250. The lowest BCUT2D eigenvalue weighted by Gasteiger charge is -2.18. The van der Waals surface area contributed by atoms with Crippen LogP contribution in [-0.4, -0.2) is 27.9 Å². The molecular formula is C16H20O6. The molecule has 120 valence electrons. The molecule has 0 aliphatic carbocycles. The van der Waals surface area contributed by atoms with Crippen molar-refractivity contribution >= 4 is 18.2 Å². The van der Waals surface area contributed by atoms with Gasteiger partial charge in [0.1, 0.15) is 11.4 Å². The summed E-state index contributed by atoms with van der Waals surface area (Å²) in [4.78, 5) is 20.7. The Bertz CT molecular complexity index is 525. The second-order valence-electron chi connectivity index (χ2n) is 5.09. The third kappa shape index (κ3) is 9.19. The quantitative estimate of drug-likeness (QED) is 0.382. The molecule has 0 aliphatic heterocycles. The van der Waals surface area contributed by atoms with Gasteiger partial charge in [0.2, 0.25) is 0 Å². The van der Waals surface area contributed by atoms with Crippen LogP contribution in [0.4, 0.5) is 4.79 Å². The Hall–Kier alpha value is -2.76. The van der Waals surface area contributed by atoms with Crippen LogP contribution in [0.5, 0.6) is 5.75 Å². The molecule has 1 aromatic carbocycles. The van der Waals surface area contributed by atoms with Gasteiger partial charge in [-0.2, -0.15) is 0 Å². The van der Waals surface area contributed by atoms with E-state index in [-0.39, 0.29) is 0 Å². The van der Waals surface area contributed by atoms with Crippen molar-refractivity contribution in [2.75, 3.05) is 0 Å². The van der Waals surface area contributed by atoms with E-state index in [2.05, 4.69) is 13.2 Å². The summed E-state index contributed by atoms with van der Waals surface area (Å²) < 4.78 is 10.0. The molecule has 0 spiro atoms. The van der Waals surface area contributed by atoms with Crippen molar-refractivity contribution in [2.24, 2.45) is 0 Å². The van der Waals surface area contributed by atoms with Gasteiger partial charge in [0, 0.05) is 0 Å². The van der Waals surface area contributed by atoms with Crippen molar-refractivity contribution in [3.8, 4) is 5.75 Å². The zero-order valence-electron chi connectivity index (χ0n) is 12.8. The second kappa shape index (κ2) is 8.51. The van der Waals surface area contributed by atoms with E-state index in [0.29, 0.717) is 5.75 Å². The fourth-order valence-corrected chi connectivity index (χ4v) is 1.04. The Kier molecular flexibility index (Phi) is 7.44. The van der Waals surface area contributed by atoms with Crippen LogP contribution < -0.4 is 4.74 Å². The molecule has 0 aliphatic rings. The maximum Gasteiger partial charge on any atom is 0.514 e. The second-order valence-corrected chi connectivity index (χ2v) is 5.09. The van der Waals surface area contributed by atoms with Crippen LogP contribution in [0.25, 0.3) is 6.08 Å². The zero-order valence-corrected chi connectivity index (χ0v) is 12.8. The molecule has 0 amide bonds. The van der Waals surface area contributed by atoms with Gasteiger partial charge in [-0.3, -0.25) is 0 Å². The molecule has 0 atom stereocenters. The third-order valence-corrected chi connectivity index (χ3v) is 1.95. The molecule has 0 saturated carbocycles. The van der Waals surface area contributed by atoms with Crippen LogP contribution in [0.1, 0.15) is 26.3 Å². The first-order chi connectivity index (χ1) is 10.0. The first-order valence-corrected chi connectivity index (χ1v) is 6.29. The first kappa shape index (κ1) is 19.2. The van der Waals surface area contributed by atoms with E-state index in [1.807, 2.05) is 12.1 Å². The Morgan fingerprint density at radius 2 is 1.59 bits per heavy atom. The molecule has 0 aromatic heterocycles.